The number of anilines is 1. The third kappa shape index (κ3) is 4.57. The fourth-order valence-corrected chi connectivity index (χ4v) is 4.52. The lowest BCUT2D eigenvalue weighted by atomic mass is 10.1. The predicted octanol–water partition coefficient (Wildman–Crippen LogP) is 3.00. The Labute approximate surface area is 163 Å². The van der Waals surface area contributed by atoms with Crippen LogP contribution in [0.25, 0.3) is 0 Å². The van der Waals surface area contributed by atoms with Crippen molar-refractivity contribution in [2.75, 3.05) is 50.8 Å². The summed E-state index contributed by atoms with van der Waals surface area (Å²) in [4.78, 5) is 19.6. The first-order valence-electron chi connectivity index (χ1n) is 10.7. The smallest absolute Gasteiger partial charge is 0.222 e. The van der Waals surface area contributed by atoms with Gasteiger partial charge in [0.05, 0.1) is 12.3 Å². The number of benzene rings is 1. The molecule has 1 saturated carbocycles. The summed E-state index contributed by atoms with van der Waals surface area (Å²) in [6.07, 6.45) is 5.52. The molecule has 5 heteroatoms. The van der Waals surface area contributed by atoms with Gasteiger partial charge in [-0.2, -0.15) is 0 Å². The molecule has 1 aliphatic carbocycles. The summed E-state index contributed by atoms with van der Waals surface area (Å²) in [7, 11) is 0. The summed E-state index contributed by atoms with van der Waals surface area (Å²) in [5.41, 5.74) is 1.21. The number of hydrogen-bond acceptors (Lipinski definition) is 4. The van der Waals surface area contributed by atoms with Crippen LogP contribution in [0.2, 0.25) is 0 Å². The van der Waals surface area contributed by atoms with Crippen LogP contribution in [0.5, 0.6) is 5.75 Å². The Morgan fingerprint density at radius 1 is 1.00 bits per heavy atom. The summed E-state index contributed by atoms with van der Waals surface area (Å²) < 4.78 is 5.81. The molecule has 1 aromatic rings. The van der Waals surface area contributed by atoms with E-state index >= 15 is 0 Å². The highest BCUT2D eigenvalue weighted by Crippen LogP contribution is 2.32. The number of likely N-dealkylation sites (tertiary alicyclic amines) is 1. The first-order valence-corrected chi connectivity index (χ1v) is 10.7. The van der Waals surface area contributed by atoms with E-state index < -0.39 is 0 Å². The number of hydrogen-bond donors (Lipinski definition) is 0. The van der Waals surface area contributed by atoms with Crippen LogP contribution in [0, 0.1) is 5.92 Å². The van der Waals surface area contributed by atoms with Crippen molar-refractivity contribution in [1.82, 2.24) is 9.80 Å². The Hall–Kier alpha value is -1.75. The number of ether oxygens (including phenoxy) is 1. The predicted molar refractivity (Wildman–Crippen MR) is 108 cm³/mol. The van der Waals surface area contributed by atoms with E-state index in [0.717, 1.165) is 70.2 Å². The molecule has 4 rings (SSSR count). The number of para-hydroxylation sites is 2. The van der Waals surface area contributed by atoms with Crippen LogP contribution in [0.3, 0.4) is 0 Å². The molecule has 148 valence electrons. The van der Waals surface area contributed by atoms with Crippen molar-refractivity contribution in [3.05, 3.63) is 24.3 Å². The van der Waals surface area contributed by atoms with Crippen molar-refractivity contribution in [1.29, 1.82) is 0 Å². The Kier molecular flexibility index (Phi) is 5.86. The average Bonchev–Trinajstić information content (AvgIpc) is 3.53. The van der Waals surface area contributed by atoms with Crippen molar-refractivity contribution in [2.45, 2.75) is 45.1 Å². The fourth-order valence-electron chi connectivity index (χ4n) is 4.52. The maximum Gasteiger partial charge on any atom is 0.222 e. The molecule has 1 atom stereocenters. The van der Waals surface area contributed by atoms with Crippen LogP contribution < -0.4 is 9.64 Å². The quantitative estimate of drug-likeness (QED) is 0.770. The second kappa shape index (κ2) is 8.51. The molecular formula is C22H33N3O2. The molecule has 3 aliphatic rings. The SMILES string of the molecule is CCOc1ccccc1N1CCN(C2CCC(=O)N(CC3CC3)CC2)CC1. The number of carbonyl (C=O) groups excluding carboxylic acids is 1. The standard InChI is InChI=1S/C22H33N3O2/c1-2-27-21-6-4-3-5-20(21)24-15-13-23(14-16-24)19-9-10-22(26)25(12-11-19)17-18-7-8-18/h3-6,18-19H,2,7-17H2,1H3. The molecular weight excluding hydrogens is 338 g/mol. The summed E-state index contributed by atoms with van der Waals surface area (Å²) >= 11 is 0. The van der Waals surface area contributed by atoms with Gasteiger partial charge in [0.15, 0.2) is 0 Å². The second-order valence-corrected chi connectivity index (χ2v) is 8.19. The van der Waals surface area contributed by atoms with Crippen LogP contribution in [-0.2, 0) is 4.79 Å². The molecule has 1 amide bonds. The van der Waals surface area contributed by atoms with E-state index in [2.05, 4.69) is 32.9 Å². The Bertz CT molecular complexity index is 638. The molecule has 1 aromatic carbocycles. The van der Waals surface area contributed by atoms with Crippen molar-refractivity contribution in [3.8, 4) is 5.75 Å². The van der Waals surface area contributed by atoms with E-state index in [1.165, 1.54) is 18.5 Å². The fraction of sp³-hybridized carbons (Fsp3) is 0.682. The minimum absolute atomic E-state index is 0.383. The van der Waals surface area contributed by atoms with Gasteiger partial charge in [-0.05, 0) is 50.7 Å². The molecule has 2 saturated heterocycles. The first-order chi connectivity index (χ1) is 13.2. The van der Waals surface area contributed by atoms with Crippen LogP contribution in [0.15, 0.2) is 24.3 Å². The van der Waals surface area contributed by atoms with Gasteiger partial charge in [-0.1, -0.05) is 12.1 Å². The summed E-state index contributed by atoms with van der Waals surface area (Å²) in [6, 6.07) is 8.93. The highest BCUT2D eigenvalue weighted by atomic mass is 16.5. The van der Waals surface area contributed by atoms with Gasteiger partial charge in [-0.25, -0.2) is 0 Å². The van der Waals surface area contributed by atoms with Gasteiger partial charge in [0.25, 0.3) is 0 Å². The zero-order chi connectivity index (χ0) is 18.6. The van der Waals surface area contributed by atoms with Crippen LogP contribution in [0.4, 0.5) is 5.69 Å². The number of carbonyl (C=O) groups is 1. The van der Waals surface area contributed by atoms with E-state index in [1.807, 2.05) is 13.0 Å². The van der Waals surface area contributed by atoms with Crippen LogP contribution >= 0.6 is 0 Å². The molecule has 3 fully saturated rings. The van der Waals surface area contributed by atoms with Gasteiger partial charge >= 0.3 is 0 Å². The molecule has 0 radical (unpaired) electrons. The van der Waals surface area contributed by atoms with E-state index in [-0.39, 0.29) is 0 Å². The van der Waals surface area contributed by atoms with Crippen LogP contribution in [-0.4, -0.2) is 67.6 Å². The van der Waals surface area contributed by atoms with E-state index in [0.29, 0.717) is 18.6 Å². The highest BCUT2D eigenvalue weighted by Gasteiger charge is 2.32. The minimum Gasteiger partial charge on any atom is -0.492 e. The van der Waals surface area contributed by atoms with Crippen molar-refractivity contribution in [2.24, 2.45) is 5.92 Å². The highest BCUT2D eigenvalue weighted by molar-refractivity contribution is 5.76. The van der Waals surface area contributed by atoms with Crippen LogP contribution in [0.1, 0.15) is 39.0 Å². The number of amides is 1. The van der Waals surface area contributed by atoms with Gasteiger partial charge in [0, 0.05) is 51.7 Å². The number of piperazine rings is 1. The molecule has 0 spiro atoms. The molecule has 1 unspecified atom stereocenters. The maximum atomic E-state index is 12.4. The lowest BCUT2D eigenvalue weighted by Gasteiger charge is -2.40. The number of rotatable bonds is 6. The molecule has 27 heavy (non-hydrogen) atoms. The normalized spacial score (nSPS) is 24.8. The van der Waals surface area contributed by atoms with Gasteiger partial charge in [-0.3, -0.25) is 9.69 Å². The zero-order valence-corrected chi connectivity index (χ0v) is 16.6. The Morgan fingerprint density at radius 3 is 2.52 bits per heavy atom. The van der Waals surface area contributed by atoms with E-state index in [1.54, 1.807) is 0 Å². The van der Waals surface area contributed by atoms with Gasteiger partial charge < -0.3 is 14.5 Å². The lowest BCUT2D eigenvalue weighted by molar-refractivity contribution is -0.130. The minimum atomic E-state index is 0.383. The molecule has 2 heterocycles. The van der Waals surface area contributed by atoms with Gasteiger partial charge in [0.1, 0.15) is 5.75 Å². The van der Waals surface area contributed by atoms with Crippen molar-refractivity contribution in [3.63, 3.8) is 0 Å². The molecule has 0 N–H and O–H groups in total. The topological polar surface area (TPSA) is 36.0 Å². The van der Waals surface area contributed by atoms with Crippen molar-refractivity contribution >= 4 is 11.6 Å². The maximum absolute atomic E-state index is 12.4. The summed E-state index contributed by atoms with van der Waals surface area (Å²) in [6.45, 7) is 8.89. The molecule has 2 aliphatic heterocycles. The van der Waals surface area contributed by atoms with Gasteiger partial charge in [0.2, 0.25) is 5.91 Å². The second-order valence-electron chi connectivity index (χ2n) is 8.19. The monoisotopic (exact) mass is 371 g/mol. The molecule has 0 aromatic heterocycles. The number of nitrogens with zero attached hydrogens (tertiary/aromatic N) is 3. The molecule has 5 nitrogen and oxygen atoms in total. The third-order valence-electron chi connectivity index (χ3n) is 6.29. The largest absolute Gasteiger partial charge is 0.492 e. The average molecular weight is 372 g/mol. The molecule has 0 bridgehead atoms. The lowest BCUT2D eigenvalue weighted by Crippen LogP contribution is -2.50. The van der Waals surface area contributed by atoms with Crippen molar-refractivity contribution < 1.29 is 9.53 Å². The third-order valence-corrected chi connectivity index (χ3v) is 6.29. The zero-order valence-electron chi connectivity index (χ0n) is 16.6. The summed E-state index contributed by atoms with van der Waals surface area (Å²) in [5.74, 6) is 2.16. The Morgan fingerprint density at radius 2 is 1.78 bits per heavy atom. The Balaban J connectivity index is 1.32. The summed E-state index contributed by atoms with van der Waals surface area (Å²) in [5, 5.41) is 0. The van der Waals surface area contributed by atoms with E-state index in [4.69, 9.17) is 4.74 Å². The van der Waals surface area contributed by atoms with E-state index in [9.17, 15) is 4.79 Å². The first kappa shape index (κ1) is 18.6. The van der Waals surface area contributed by atoms with Gasteiger partial charge in [-0.15, -0.1) is 0 Å².